The molecule has 156 valence electrons. The third-order valence-corrected chi connectivity index (χ3v) is 5.98. The number of aromatic nitrogens is 2. The van der Waals surface area contributed by atoms with Crippen LogP contribution in [0.2, 0.25) is 0 Å². The third kappa shape index (κ3) is 4.08. The first-order chi connectivity index (χ1) is 15.0. The summed E-state index contributed by atoms with van der Waals surface area (Å²) in [5.74, 6) is -0.183. The van der Waals surface area contributed by atoms with Gasteiger partial charge in [0.15, 0.2) is 0 Å². The minimum atomic E-state index is -0.733. The number of fused-ring (bicyclic) bond motifs is 1. The number of benzene rings is 2. The highest BCUT2D eigenvalue weighted by molar-refractivity contribution is 7.99. The average Bonchev–Trinajstić information content (AvgIpc) is 3.27. The maximum Gasteiger partial charge on any atom is 0.329 e. The summed E-state index contributed by atoms with van der Waals surface area (Å²) in [5, 5.41) is 11.9. The number of carbonyl (C=O) groups excluding carboxylic acids is 2. The Morgan fingerprint density at radius 3 is 2.65 bits per heavy atom. The van der Waals surface area contributed by atoms with Crippen LogP contribution in [0.15, 0.2) is 58.1 Å². The predicted octanol–water partition coefficient (Wildman–Crippen LogP) is 1.10. The molecular weight excluding hydrogens is 418 g/mol. The molecule has 1 aromatic heterocycles. The van der Waals surface area contributed by atoms with Gasteiger partial charge >= 0.3 is 5.69 Å². The van der Waals surface area contributed by atoms with Crippen LogP contribution in [0.5, 0.6) is 0 Å². The Labute approximate surface area is 180 Å². The predicted molar refractivity (Wildman–Crippen MR) is 117 cm³/mol. The molecule has 31 heavy (non-hydrogen) atoms. The highest BCUT2D eigenvalue weighted by Crippen LogP contribution is 2.23. The lowest BCUT2D eigenvalue weighted by molar-refractivity contribution is -0.136. The number of rotatable bonds is 4. The Morgan fingerprint density at radius 2 is 1.90 bits per heavy atom. The maximum atomic E-state index is 12.9. The molecule has 4 rings (SSSR count). The normalized spacial score (nSPS) is 15.6. The number of H-pyrrole nitrogens is 1. The van der Waals surface area contributed by atoms with Crippen LogP contribution >= 0.6 is 11.8 Å². The van der Waals surface area contributed by atoms with Gasteiger partial charge in [0.2, 0.25) is 11.8 Å². The van der Waals surface area contributed by atoms with Crippen molar-refractivity contribution in [3.05, 3.63) is 74.9 Å². The average molecular weight is 435 g/mol. The molecule has 2 heterocycles. The van der Waals surface area contributed by atoms with Gasteiger partial charge in [0, 0.05) is 11.4 Å². The van der Waals surface area contributed by atoms with Crippen molar-refractivity contribution in [2.75, 3.05) is 16.9 Å². The van der Waals surface area contributed by atoms with Crippen molar-refractivity contribution in [3.63, 3.8) is 0 Å². The fourth-order valence-corrected chi connectivity index (χ4v) is 4.51. The van der Waals surface area contributed by atoms with E-state index in [4.69, 9.17) is 5.26 Å². The van der Waals surface area contributed by atoms with E-state index in [1.54, 1.807) is 48.5 Å². The molecule has 1 atom stereocenters. The first-order valence-corrected chi connectivity index (χ1v) is 10.5. The molecule has 0 aliphatic carbocycles. The van der Waals surface area contributed by atoms with Gasteiger partial charge in [0.25, 0.3) is 5.56 Å². The molecule has 0 bridgehead atoms. The van der Waals surface area contributed by atoms with Crippen molar-refractivity contribution in [1.29, 1.82) is 5.26 Å². The molecule has 1 fully saturated rings. The Morgan fingerprint density at radius 1 is 1.16 bits per heavy atom. The van der Waals surface area contributed by atoms with Gasteiger partial charge in [-0.05, 0) is 36.4 Å². The van der Waals surface area contributed by atoms with Crippen molar-refractivity contribution in [3.8, 4) is 6.07 Å². The zero-order valence-corrected chi connectivity index (χ0v) is 17.0. The first kappa shape index (κ1) is 20.4. The fraction of sp³-hybridized carbons (Fsp3) is 0.190. The Bertz CT molecular complexity index is 1320. The molecule has 2 amide bonds. The number of amides is 2. The fourth-order valence-electron chi connectivity index (χ4n) is 3.33. The topological polar surface area (TPSA) is 128 Å². The lowest BCUT2D eigenvalue weighted by atomic mass is 10.2. The quantitative estimate of drug-likeness (QED) is 0.632. The Kier molecular flexibility index (Phi) is 5.60. The number of anilines is 1. The van der Waals surface area contributed by atoms with Crippen LogP contribution < -0.4 is 16.6 Å². The van der Waals surface area contributed by atoms with Crippen LogP contribution in [0.1, 0.15) is 5.56 Å². The number of hydrogen-bond acceptors (Lipinski definition) is 6. The number of para-hydroxylation sites is 1. The molecule has 10 heteroatoms. The SMILES string of the molecule is N#Cc1ccc(NC(=O)C2CSCN2C(=O)Cn2c(=O)[nH]c3ccccc3c2=O)cc1. The van der Waals surface area contributed by atoms with Crippen molar-refractivity contribution in [2.24, 2.45) is 0 Å². The molecule has 1 saturated heterocycles. The molecule has 0 radical (unpaired) electrons. The van der Waals surface area contributed by atoms with Gasteiger partial charge in [-0.25, -0.2) is 4.79 Å². The van der Waals surface area contributed by atoms with Crippen molar-refractivity contribution < 1.29 is 9.59 Å². The van der Waals surface area contributed by atoms with Crippen LogP contribution in [-0.2, 0) is 16.1 Å². The maximum absolute atomic E-state index is 12.9. The summed E-state index contributed by atoms with van der Waals surface area (Å²) in [5.41, 5.74) is 0.144. The molecule has 1 aliphatic rings. The van der Waals surface area contributed by atoms with Gasteiger partial charge in [0.05, 0.1) is 28.4 Å². The summed E-state index contributed by atoms with van der Waals surface area (Å²) < 4.78 is 0.850. The lowest BCUT2D eigenvalue weighted by Crippen LogP contribution is -2.48. The van der Waals surface area contributed by atoms with Crippen LogP contribution in [0.25, 0.3) is 10.9 Å². The summed E-state index contributed by atoms with van der Waals surface area (Å²) in [6.45, 7) is -0.458. The molecule has 1 unspecified atom stereocenters. The first-order valence-electron chi connectivity index (χ1n) is 9.38. The van der Waals surface area contributed by atoms with E-state index in [0.717, 1.165) is 4.57 Å². The second-order valence-electron chi connectivity index (χ2n) is 6.92. The molecule has 9 nitrogen and oxygen atoms in total. The van der Waals surface area contributed by atoms with Gasteiger partial charge < -0.3 is 15.2 Å². The van der Waals surface area contributed by atoms with E-state index in [0.29, 0.717) is 27.9 Å². The van der Waals surface area contributed by atoms with Crippen LogP contribution in [0.4, 0.5) is 5.69 Å². The van der Waals surface area contributed by atoms with Crippen molar-refractivity contribution in [1.82, 2.24) is 14.5 Å². The highest BCUT2D eigenvalue weighted by Gasteiger charge is 2.35. The van der Waals surface area contributed by atoms with E-state index in [1.165, 1.54) is 16.7 Å². The minimum absolute atomic E-state index is 0.282. The molecule has 2 N–H and O–H groups in total. The largest absolute Gasteiger partial charge is 0.329 e. The zero-order chi connectivity index (χ0) is 22.0. The van der Waals surface area contributed by atoms with Crippen LogP contribution in [0, 0.1) is 11.3 Å². The van der Waals surface area contributed by atoms with Gasteiger partial charge in [-0.3, -0.25) is 19.0 Å². The van der Waals surface area contributed by atoms with E-state index in [-0.39, 0.29) is 11.8 Å². The highest BCUT2D eigenvalue weighted by atomic mass is 32.2. The minimum Gasteiger partial charge on any atom is -0.324 e. The van der Waals surface area contributed by atoms with Gasteiger partial charge in [-0.2, -0.15) is 5.26 Å². The number of thioether (sulfide) groups is 1. The van der Waals surface area contributed by atoms with Gasteiger partial charge in [0.1, 0.15) is 12.6 Å². The number of nitrogens with zero attached hydrogens (tertiary/aromatic N) is 3. The smallest absolute Gasteiger partial charge is 0.324 e. The standard InChI is InChI=1S/C21H17N5O4S/c22-9-13-5-7-14(8-6-13)23-19(28)17-11-31-12-26(17)18(27)10-25-20(29)15-3-1-2-4-16(15)24-21(25)30/h1-8,17H,10-12H2,(H,23,28)(H,24,30). The lowest BCUT2D eigenvalue weighted by Gasteiger charge is -2.23. The van der Waals surface area contributed by atoms with E-state index >= 15 is 0 Å². The molecule has 1 aliphatic heterocycles. The summed E-state index contributed by atoms with van der Waals surface area (Å²) >= 11 is 1.41. The van der Waals surface area contributed by atoms with Crippen molar-refractivity contribution >= 4 is 40.2 Å². The third-order valence-electron chi connectivity index (χ3n) is 4.97. The van der Waals surface area contributed by atoms with Gasteiger partial charge in [-0.15, -0.1) is 11.8 Å². The van der Waals surface area contributed by atoms with Crippen LogP contribution in [0.3, 0.4) is 0 Å². The molecular formula is C21H17N5O4S. The molecule has 0 saturated carbocycles. The van der Waals surface area contributed by atoms with Crippen molar-refractivity contribution in [2.45, 2.75) is 12.6 Å². The van der Waals surface area contributed by atoms with Crippen LogP contribution in [-0.4, -0.2) is 43.9 Å². The Balaban J connectivity index is 1.52. The molecule has 2 aromatic carbocycles. The summed E-state index contributed by atoms with van der Waals surface area (Å²) in [7, 11) is 0. The number of carbonyl (C=O) groups is 2. The van der Waals surface area contributed by atoms with Gasteiger partial charge in [-0.1, -0.05) is 12.1 Å². The Hall–Kier alpha value is -3.84. The monoisotopic (exact) mass is 435 g/mol. The second kappa shape index (κ2) is 8.49. The number of hydrogen-bond donors (Lipinski definition) is 2. The van der Waals surface area contributed by atoms with E-state index in [9.17, 15) is 19.2 Å². The zero-order valence-electron chi connectivity index (χ0n) is 16.2. The number of nitriles is 1. The van der Waals surface area contributed by atoms with E-state index in [1.807, 2.05) is 6.07 Å². The number of nitrogens with one attached hydrogen (secondary N) is 2. The molecule has 3 aromatic rings. The summed E-state index contributed by atoms with van der Waals surface area (Å²) in [4.78, 5) is 54.6. The molecule has 0 spiro atoms. The van der Waals surface area contributed by atoms with E-state index < -0.39 is 29.7 Å². The van der Waals surface area contributed by atoms with E-state index in [2.05, 4.69) is 10.3 Å². The summed E-state index contributed by atoms with van der Waals surface area (Å²) in [6.07, 6.45) is 0. The summed E-state index contributed by atoms with van der Waals surface area (Å²) in [6, 6.07) is 14.2. The second-order valence-corrected chi connectivity index (χ2v) is 7.92. The number of aromatic amines is 1.